The van der Waals surface area contributed by atoms with Crippen LogP contribution in [0.15, 0.2) is 54.6 Å². The highest BCUT2D eigenvalue weighted by Gasteiger charge is 2.35. The zero-order chi connectivity index (χ0) is 16.2. The predicted octanol–water partition coefficient (Wildman–Crippen LogP) is 3.76. The highest BCUT2D eigenvalue weighted by Crippen LogP contribution is 2.25. The van der Waals surface area contributed by atoms with Crippen molar-refractivity contribution in [3.63, 3.8) is 0 Å². The van der Waals surface area contributed by atoms with Gasteiger partial charge in [-0.15, -0.1) is 4.99 Å². The van der Waals surface area contributed by atoms with Gasteiger partial charge >= 0.3 is 0 Å². The minimum atomic E-state index is -0.327. The summed E-state index contributed by atoms with van der Waals surface area (Å²) in [5.74, 6) is -0.446. The second kappa shape index (κ2) is 7.13. The first-order chi connectivity index (χ1) is 11.1. The zero-order valence-corrected chi connectivity index (χ0v) is 13.6. The Morgan fingerprint density at radius 1 is 1.22 bits per heavy atom. The number of amides is 1. The quantitative estimate of drug-likeness (QED) is 0.801. The molecular weight excluding hydrogens is 314 g/mol. The van der Waals surface area contributed by atoms with E-state index in [9.17, 15) is 4.79 Å². The zero-order valence-electron chi connectivity index (χ0n) is 12.8. The lowest BCUT2D eigenvalue weighted by Crippen LogP contribution is -2.39. The van der Waals surface area contributed by atoms with E-state index in [0.717, 1.165) is 11.1 Å². The van der Waals surface area contributed by atoms with E-state index in [1.807, 2.05) is 49.4 Å². The number of hydroxylamine groups is 2. The lowest BCUT2D eigenvalue weighted by Gasteiger charge is -2.23. The van der Waals surface area contributed by atoms with Crippen molar-refractivity contribution in [3.8, 4) is 0 Å². The topological polar surface area (TPSA) is 38.8 Å². The van der Waals surface area contributed by atoms with E-state index in [1.54, 1.807) is 12.1 Å². The Hall–Kier alpha value is -1.88. The van der Waals surface area contributed by atoms with Crippen molar-refractivity contribution in [2.45, 2.75) is 25.3 Å². The Morgan fingerprint density at radius 3 is 2.61 bits per heavy atom. The summed E-state index contributed by atoms with van der Waals surface area (Å²) in [6.45, 7) is 2.22. The van der Waals surface area contributed by atoms with Gasteiger partial charge < -0.3 is 0 Å². The van der Waals surface area contributed by atoms with E-state index in [-0.39, 0.29) is 17.9 Å². The number of nitrogens with zero attached hydrogens (tertiary/aromatic N) is 1. The third kappa shape index (κ3) is 3.72. The van der Waals surface area contributed by atoms with Gasteiger partial charge in [-0.2, -0.15) is 5.06 Å². The SMILES string of the molecule is C[C@H](C(=O)N1OOC[C@H]1Cc1ccccc1)c1ccc(Cl)cc1. The molecule has 1 aliphatic rings. The molecule has 1 fully saturated rings. The van der Waals surface area contributed by atoms with E-state index in [0.29, 0.717) is 18.1 Å². The first-order valence-corrected chi connectivity index (χ1v) is 7.95. The van der Waals surface area contributed by atoms with Crippen LogP contribution in [-0.2, 0) is 21.1 Å². The maximum atomic E-state index is 12.7. The standard InChI is InChI=1S/C18H18ClNO3/c1-13(15-7-9-16(19)10-8-15)18(21)20-17(12-22-23-20)11-14-5-3-2-4-6-14/h2-10,13,17H,11-12H2,1H3/t13-,17+/m0/s1. The Bertz CT molecular complexity index is 660. The Labute approximate surface area is 140 Å². The van der Waals surface area contributed by atoms with Crippen molar-refractivity contribution in [1.29, 1.82) is 0 Å². The Morgan fingerprint density at radius 2 is 1.91 bits per heavy atom. The maximum Gasteiger partial charge on any atom is 0.256 e. The molecule has 0 radical (unpaired) electrons. The van der Waals surface area contributed by atoms with Crippen LogP contribution in [0.25, 0.3) is 0 Å². The molecular formula is C18H18ClNO3. The van der Waals surface area contributed by atoms with Gasteiger partial charge in [0.15, 0.2) is 0 Å². The van der Waals surface area contributed by atoms with Crippen molar-refractivity contribution in [3.05, 3.63) is 70.7 Å². The van der Waals surface area contributed by atoms with Gasteiger partial charge in [0.1, 0.15) is 6.61 Å². The molecule has 1 amide bonds. The van der Waals surface area contributed by atoms with Crippen molar-refractivity contribution in [2.24, 2.45) is 0 Å². The fourth-order valence-corrected chi connectivity index (χ4v) is 2.75. The number of hydrogen-bond acceptors (Lipinski definition) is 3. The van der Waals surface area contributed by atoms with Crippen LogP contribution in [0.1, 0.15) is 24.0 Å². The van der Waals surface area contributed by atoms with E-state index in [4.69, 9.17) is 21.5 Å². The molecule has 0 N–H and O–H groups in total. The molecule has 1 heterocycles. The molecule has 120 valence electrons. The summed E-state index contributed by atoms with van der Waals surface area (Å²) in [6.07, 6.45) is 0.694. The van der Waals surface area contributed by atoms with Gasteiger partial charge in [-0.05, 0) is 36.6 Å². The van der Waals surface area contributed by atoms with Gasteiger partial charge in [-0.1, -0.05) is 54.1 Å². The van der Waals surface area contributed by atoms with Crippen LogP contribution in [0.2, 0.25) is 5.02 Å². The van der Waals surface area contributed by atoms with E-state index >= 15 is 0 Å². The maximum absolute atomic E-state index is 12.7. The van der Waals surface area contributed by atoms with Gasteiger partial charge in [0.05, 0.1) is 12.0 Å². The third-order valence-corrected chi connectivity index (χ3v) is 4.25. The smallest absolute Gasteiger partial charge is 0.256 e. The summed E-state index contributed by atoms with van der Waals surface area (Å²) in [7, 11) is 0. The Kier molecular flexibility index (Phi) is 4.96. The van der Waals surface area contributed by atoms with Crippen LogP contribution >= 0.6 is 11.6 Å². The molecule has 5 heteroatoms. The minimum absolute atomic E-state index is 0.120. The van der Waals surface area contributed by atoms with Gasteiger partial charge in [0.2, 0.25) is 0 Å². The fourth-order valence-electron chi connectivity index (χ4n) is 2.62. The lowest BCUT2D eigenvalue weighted by molar-refractivity contribution is -0.358. The van der Waals surface area contributed by atoms with Crippen LogP contribution in [0, 0.1) is 0 Å². The summed E-state index contributed by atoms with van der Waals surface area (Å²) in [4.78, 5) is 22.9. The highest BCUT2D eigenvalue weighted by molar-refractivity contribution is 6.30. The highest BCUT2D eigenvalue weighted by atomic mass is 35.5. The van der Waals surface area contributed by atoms with Crippen molar-refractivity contribution < 1.29 is 14.7 Å². The molecule has 1 aliphatic heterocycles. The summed E-state index contributed by atoms with van der Waals surface area (Å²) in [6, 6.07) is 17.1. The molecule has 2 aromatic rings. The summed E-state index contributed by atoms with van der Waals surface area (Å²) < 4.78 is 0. The van der Waals surface area contributed by atoms with Gasteiger partial charge in [0, 0.05) is 5.02 Å². The van der Waals surface area contributed by atoms with Crippen LogP contribution in [0.4, 0.5) is 0 Å². The largest absolute Gasteiger partial charge is 0.272 e. The molecule has 3 rings (SSSR count). The molecule has 1 saturated heterocycles. The number of benzene rings is 2. The molecule has 0 aromatic heterocycles. The van der Waals surface area contributed by atoms with Gasteiger partial charge in [-0.3, -0.25) is 4.79 Å². The summed E-state index contributed by atoms with van der Waals surface area (Å²) in [5.41, 5.74) is 2.04. The molecule has 4 nitrogen and oxygen atoms in total. The number of carbonyl (C=O) groups excluding carboxylic acids is 1. The lowest BCUT2D eigenvalue weighted by atomic mass is 9.99. The molecule has 0 bridgehead atoms. The van der Waals surface area contributed by atoms with Crippen molar-refractivity contribution in [2.75, 3.05) is 6.61 Å². The van der Waals surface area contributed by atoms with E-state index in [2.05, 4.69) is 0 Å². The average Bonchev–Trinajstić information content (AvgIpc) is 3.03. The van der Waals surface area contributed by atoms with Crippen LogP contribution in [0.5, 0.6) is 0 Å². The van der Waals surface area contributed by atoms with Crippen molar-refractivity contribution >= 4 is 17.5 Å². The summed E-state index contributed by atoms with van der Waals surface area (Å²) in [5, 5.41) is 2.00. The molecule has 23 heavy (non-hydrogen) atoms. The van der Waals surface area contributed by atoms with Gasteiger partial charge in [0.25, 0.3) is 5.91 Å². The van der Waals surface area contributed by atoms with Crippen LogP contribution in [0.3, 0.4) is 0 Å². The number of rotatable bonds is 4. The van der Waals surface area contributed by atoms with Crippen molar-refractivity contribution in [1.82, 2.24) is 5.06 Å². The van der Waals surface area contributed by atoms with E-state index in [1.165, 1.54) is 5.06 Å². The van der Waals surface area contributed by atoms with E-state index < -0.39 is 0 Å². The molecule has 0 aliphatic carbocycles. The molecule has 0 unspecified atom stereocenters. The predicted molar refractivity (Wildman–Crippen MR) is 87.7 cm³/mol. The number of hydrogen-bond donors (Lipinski definition) is 0. The first-order valence-electron chi connectivity index (χ1n) is 7.57. The third-order valence-electron chi connectivity index (χ3n) is 4.00. The fraction of sp³-hybridized carbons (Fsp3) is 0.278. The Balaban J connectivity index is 1.71. The normalized spacial score (nSPS) is 18.9. The average molecular weight is 332 g/mol. The van der Waals surface area contributed by atoms with Gasteiger partial charge in [-0.25, -0.2) is 4.89 Å². The van der Waals surface area contributed by atoms with Crippen LogP contribution in [-0.4, -0.2) is 23.6 Å². The van der Waals surface area contributed by atoms with Crippen LogP contribution < -0.4 is 0 Å². The molecule has 2 aromatic carbocycles. The minimum Gasteiger partial charge on any atom is -0.272 e. The number of carbonyl (C=O) groups is 1. The first kappa shape index (κ1) is 16.0. The monoisotopic (exact) mass is 331 g/mol. The molecule has 2 atom stereocenters. The summed E-state index contributed by atoms with van der Waals surface area (Å²) >= 11 is 5.90. The molecule has 0 spiro atoms. The number of halogens is 1. The second-order valence-corrected chi connectivity index (χ2v) is 6.08. The second-order valence-electron chi connectivity index (χ2n) is 5.64. The molecule has 0 saturated carbocycles.